The number of hydrogen-bond acceptors (Lipinski definition) is 5. The second-order valence-electron chi connectivity index (χ2n) is 6.37. The zero-order valence-electron chi connectivity index (χ0n) is 15.4. The molecule has 0 saturated heterocycles. The highest BCUT2D eigenvalue weighted by atomic mass is 35.5. The Morgan fingerprint density at radius 3 is 2.89 bits per heavy atom. The molecule has 1 aliphatic rings. The van der Waals surface area contributed by atoms with Crippen molar-refractivity contribution < 1.29 is 14.3 Å². The van der Waals surface area contributed by atoms with Gasteiger partial charge in [0.25, 0.3) is 5.91 Å². The molecule has 2 aromatic rings. The minimum Gasteiger partial charge on any atom is -0.383 e. The van der Waals surface area contributed by atoms with Crippen LogP contribution >= 0.6 is 23.7 Å². The number of amides is 2. The Balaban J connectivity index is 0.00000261. The lowest BCUT2D eigenvalue weighted by molar-refractivity contribution is -0.118. The van der Waals surface area contributed by atoms with Crippen molar-refractivity contribution in [3.8, 4) is 0 Å². The first-order valence-electron chi connectivity index (χ1n) is 8.50. The van der Waals surface area contributed by atoms with Crippen molar-refractivity contribution in [1.29, 1.82) is 0 Å². The minimum absolute atomic E-state index is 0. The van der Waals surface area contributed by atoms with E-state index in [1.165, 1.54) is 17.6 Å². The van der Waals surface area contributed by atoms with Crippen molar-refractivity contribution in [1.82, 2.24) is 4.90 Å². The fraction of sp³-hybridized carbons (Fsp3) is 0.368. The molecule has 8 heteroatoms. The summed E-state index contributed by atoms with van der Waals surface area (Å²) in [5.41, 5.74) is 8.93. The van der Waals surface area contributed by atoms with Gasteiger partial charge in [0.15, 0.2) is 0 Å². The Bertz CT molecular complexity index is 824. The van der Waals surface area contributed by atoms with Gasteiger partial charge in [-0.1, -0.05) is 6.07 Å². The predicted molar refractivity (Wildman–Crippen MR) is 110 cm³/mol. The summed E-state index contributed by atoms with van der Waals surface area (Å²) in [4.78, 5) is 28.4. The molecule has 0 fully saturated rings. The lowest BCUT2D eigenvalue weighted by Gasteiger charge is -2.28. The number of rotatable bonds is 5. The van der Waals surface area contributed by atoms with Crippen LogP contribution in [0.5, 0.6) is 0 Å². The van der Waals surface area contributed by atoms with Crippen molar-refractivity contribution in [3.05, 3.63) is 51.2 Å². The maximum Gasteiger partial charge on any atom is 0.254 e. The molecule has 0 spiro atoms. The fourth-order valence-electron chi connectivity index (χ4n) is 3.08. The monoisotopic (exact) mass is 409 g/mol. The second-order valence-corrected chi connectivity index (χ2v) is 7.38. The largest absolute Gasteiger partial charge is 0.383 e. The summed E-state index contributed by atoms with van der Waals surface area (Å²) >= 11 is 1.75. The summed E-state index contributed by atoms with van der Waals surface area (Å²) in [5.74, 6) is -0.350. The highest BCUT2D eigenvalue weighted by Gasteiger charge is 2.24. The van der Waals surface area contributed by atoms with Crippen molar-refractivity contribution in [3.63, 3.8) is 0 Å². The molecule has 146 valence electrons. The highest BCUT2D eigenvalue weighted by molar-refractivity contribution is 7.10. The molecule has 2 heterocycles. The summed E-state index contributed by atoms with van der Waals surface area (Å²) < 4.78 is 4.91. The van der Waals surface area contributed by atoms with Gasteiger partial charge in [0.2, 0.25) is 5.91 Å². The fourth-order valence-corrected chi connectivity index (χ4v) is 3.97. The molecule has 27 heavy (non-hydrogen) atoms. The molecular weight excluding hydrogens is 386 g/mol. The maximum atomic E-state index is 13.0. The number of nitrogens with one attached hydrogen (secondary N) is 1. The van der Waals surface area contributed by atoms with Gasteiger partial charge in [-0.25, -0.2) is 0 Å². The first kappa shape index (κ1) is 21.4. The second kappa shape index (κ2) is 9.32. The van der Waals surface area contributed by atoms with E-state index in [-0.39, 0.29) is 30.8 Å². The van der Waals surface area contributed by atoms with Gasteiger partial charge in [0.1, 0.15) is 6.04 Å². The van der Waals surface area contributed by atoms with Crippen LogP contribution in [0.3, 0.4) is 0 Å². The van der Waals surface area contributed by atoms with Crippen LogP contribution in [0.25, 0.3) is 0 Å². The van der Waals surface area contributed by atoms with Gasteiger partial charge in [-0.2, -0.15) is 0 Å². The number of halogens is 1. The number of methoxy groups -OCH3 is 1. The van der Waals surface area contributed by atoms with E-state index in [1.807, 2.05) is 11.8 Å². The zero-order valence-corrected chi connectivity index (χ0v) is 17.0. The first-order chi connectivity index (χ1) is 12.5. The Kier molecular flexibility index (Phi) is 7.38. The number of nitrogens with two attached hydrogens (primary N) is 1. The van der Waals surface area contributed by atoms with Crippen LogP contribution in [0.4, 0.5) is 5.69 Å². The molecule has 0 aliphatic carbocycles. The van der Waals surface area contributed by atoms with Gasteiger partial charge in [0.05, 0.1) is 6.61 Å². The number of hydrogen-bond donors (Lipinski definition) is 2. The molecule has 1 aliphatic heterocycles. The topological polar surface area (TPSA) is 84.7 Å². The van der Waals surface area contributed by atoms with Crippen LogP contribution in [0.1, 0.15) is 26.4 Å². The predicted octanol–water partition coefficient (Wildman–Crippen LogP) is 2.59. The minimum atomic E-state index is -0.752. The molecular formula is C19H24ClN3O3S. The zero-order chi connectivity index (χ0) is 18.7. The summed E-state index contributed by atoms with van der Waals surface area (Å²) in [6, 6.07) is 6.68. The van der Waals surface area contributed by atoms with E-state index in [9.17, 15) is 9.59 Å². The van der Waals surface area contributed by atoms with E-state index in [1.54, 1.807) is 29.5 Å². The van der Waals surface area contributed by atoms with Gasteiger partial charge in [-0.15, -0.1) is 23.7 Å². The summed E-state index contributed by atoms with van der Waals surface area (Å²) in [5, 5.41) is 4.86. The van der Waals surface area contributed by atoms with E-state index in [0.717, 1.165) is 12.0 Å². The van der Waals surface area contributed by atoms with Crippen molar-refractivity contribution in [2.24, 2.45) is 5.73 Å². The van der Waals surface area contributed by atoms with Crippen LogP contribution in [0.2, 0.25) is 0 Å². The number of carbonyl (C=O) groups is 2. The lowest BCUT2D eigenvalue weighted by atomic mass is 10.0. The Labute approximate surface area is 169 Å². The molecule has 3 rings (SSSR count). The number of ether oxygens (including phenoxy) is 1. The lowest BCUT2D eigenvalue weighted by Crippen LogP contribution is -2.39. The molecule has 1 atom stereocenters. The van der Waals surface area contributed by atoms with Gasteiger partial charge in [-0.3, -0.25) is 9.59 Å². The normalized spacial score (nSPS) is 14.1. The van der Waals surface area contributed by atoms with Gasteiger partial charge in [0, 0.05) is 36.3 Å². The molecule has 0 saturated carbocycles. The summed E-state index contributed by atoms with van der Waals surface area (Å²) in [6.07, 6.45) is 0.889. The van der Waals surface area contributed by atoms with E-state index in [4.69, 9.17) is 10.5 Å². The van der Waals surface area contributed by atoms with Crippen molar-refractivity contribution >= 4 is 41.2 Å². The van der Waals surface area contributed by atoms with Gasteiger partial charge < -0.3 is 20.7 Å². The highest BCUT2D eigenvalue weighted by Crippen LogP contribution is 2.27. The third kappa shape index (κ3) is 4.68. The SMILES string of the molecule is COCC(N)C(=O)Nc1cccc(C(=O)N2CCc3sccc3C2)c1C.Cl. The standard InChI is InChI=1S/C19H23N3O3S.ClH/c1-12-14(4-3-5-16(12)21-18(23)15(20)11-25-2)19(24)22-8-6-17-13(10-22)7-9-26-17;/h3-5,7,9,15H,6,8,10-11,20H2,1-2H3,(H,21,23);1H. The number of thiophene rings is 1. The Morgan fingerprint density at radius 1 is 1.37 bits per heavy atom. The number of carbonyl (C=O) groups excluding carboxylic acids is 2. The third-order valence-corrected chi connectivity index (χ3v) is 5.62. The summed E-state index contributed by atoms with van der Waals surface area (Å²) in [6.45, 7) is 3.32. The van der Waals surface area contributed by atoms with Crippen LogP contribution in [-0.4, -0.2) is 43.0 Å². The van der Waals surface area contributed by atoms with E-state index >= 15 is 0 Å². The quantitative estimate of drug-likeness (QED) is 0.794. The first-order valence-corrected chi connectivity index (χ1v) is 9.38. The average molecular weight is 410 g/mol. The number of nitrogens with zero attached hydrogens (tertiary/aromatic N) is 1. The maximum absolute atomic E-state index is 13.0. The molecule has 1 aromatic heterocycles. The van der Waals surface area contributed by atoms with Gasteiger partial charge in [-0.05, 0) is 48.1 Å². The van der Waals surface area contributed by atoms with E-state index < -0.39 is 6.04 Å². The molecule has 0 radical (unpaired) electrons. The van der Waals surface area contributed by atoms with Crippen LogP contribution in [0, 0.1) is 6.92 Å². The molecule has 3 N–H and O–H groups in total. The van der Waals surface area contributed by atoms with Crippen molar-refractivity contribution in [2.75, 3.05) is 25.6 Å². The molecule has 2 amide bonds. The Morgan fingerprint density at radius 2 is 2.15 bits per heavy atom. The van der Waals surface area contributed by atoms with Crippen LogP contribution in [0.15, 0.2) is 29.6 Å². The number of benzene rings is 1. The van der Waals surface area contributed by atoms with E-state index in [0.29, 0.717) is 24.3 Å². The smallest absolute Gasteiger partial charge is 0.254 e. The Hall–Kier alpha value is -1.93. The van der Waals surface area contributed by atoms with E-state index in [2.05, 4.69) is 16.8 Å². The van der Waals surface area contributed by atoms with Crippen molar-refractivity contribution in [2.45, 2.75) is 25.9 Å². The average Bonchev–Trinajstić information content (AvgIpc) is 3.10. The molecule has 1 unspecified atom stereocenters. The van der Waals surface area contributed by atoms with Crippen LogP contribution in [-0.2, 0) is 22.5 Å². The molecule has 6 nitrogen and oxygen atoms in total. The third-order valence-electron chi connectivity index (χ3n) is 4.60. The molecule has 1 aromatic carbocycles. The molecule has 0 bridgehead atoms. The number of anilines is 1. The summed E-state index contributed by atoms with van der Waals surface area (Å²) in [7, 11) is 1.50. The van der Waals surface area contributed by atoms with Crippen LogP contribution < -0.4 is 11.1 Å². The van der Waals surface area contributed by atoms with Gasteiger partial charge >= 0.3 is 0 Å². The number of fused-ring (bicyclic) bond motifs is 1.